The zero-order chi connectivity index (χ0) is 15.4. The first-order valence-electron chi connectivity index (χ1n) is 7.06. The van der Waals surface area contributed by atoms with E-state index in [4.69, 9.17) is 11.6 Å². The van der Waals surface area contributed by atoms with Crippen molar-refractivity contribution in [3.63, 3.8) is 0 Å². The van der Waals surface area contributed by atoms with Gasteiger partial charge >= 0.3 is 0 Å². The lowest BCUT2D eigenvalue weighted by Crippen LogP contribution is -1.88. The number of rotatable bonds is 2. The molecule has 1 aliphatic carbocycles. The maximum absolute atomic E-state index is 5.98. The highest BCUT2D eigenvalue weighted by Gasteiger charge is 2.09. The van der Waals surface area contributed by atoms with Crippen LogP contribution in [0, 0.1) is 11.8 Å². The van der Waals surface area contributed by atoms with Gasteiger partial charge in [0.2, 0.25) is 0 Å². The molecule has 1 atom stereocenters. The van der Waals surface area contributed by atoms with E-state index in [1.54, 1.807) is 11.8 Å². The van der Waals surface area contributed by atoms with Crippen LogP contribution in [-0.4, -0.2) is 6.26 Å². The van der Waals surface area contributed by atoms with Gasteiger partial charge < -0.3 is 0 Å². The normalized spacial score (nSPS) is 16.1. The molecule has 0 saturated carbocycles. The maximum Gasteiger partial charge on any atom is 0.0372 e. The molecular weight excluding hydrogens is 308 g/mol. The fourth-order valence-electron chi connectivity index (χ4n) is 2.29. The Balaban J connectivity index is 1.74. The summed E-state index contributed by atoms with van der Waals surface area (Å²) in [5.74, 6) is 6.70. The SMILES string of the molecule is CSc1ccc(C#Cc2ccc(C3C=CC(Cl)=C3)cc2)cc1. The predicted octanol–water partition coefficient (Wildman–Crippen LogP) is 5.58. The van der Waals surface area contributed by atoms with Crippen LogP contribution >= 0.6 is 23.4 Å². The third kappa shape index (κ3) is 3.65. The Morgan fingerprint density at radius 3 is 2.00 bits per heavy atom. The van der Waals surface area contributed by atoms with Crippen LogP contribution in [0.25, 0.3) is 0 Å². The van der Waals surface area contributed by atoms with Gasteiger partial charge in [-0.1, -0.05) is 47.7 Å². The molecule has 0 aliphatic heterocycles. The molecule has 0 N–H and O–H groups in total. The molecule has 0 spiro atoms. The summed E-state index contributed by atoms with van der Waals surface area (Å²) in [7, 11) is 0. The van der Waals surface area contributed by atoms with Crippen LogP contribution in [0.5, 0.6) is 0 Å². The monoisotopic (exact) mass is 322 g/mol. The lowest BCUT2D eigenvalue weighted by molar-refractivity contribution is 1.10. The van der Waals surface area contributed by atoms with Crippen molar-refractivity contribution in [3.05, 3.63) is 88.5 Å². The van der Waals surface area contributed by atoms with Crippen LogP contribution in [0.2, 0.25) is 0 Å². The van der Waals surface area contributed by atoms with Gasteiger partial charge in [-0.2, -0.15) is 0 Å². The van der Waals surface area contributed by atoms with Crippen molar-refractivity contribution in [2.45, 2.75) is 10.8 Å². The molecule has 22 heavy (non-hydrogen) atoms. The van der Waals surface area contributed by atoms with E-state index >= 15 is 0 Å². The topological polar surface area (TPSA) is 0 Å². The molecule has 2 aromatic carbocycles. The van der Waals surface area contributed by atoms with Crippen molar-refractivity contribution in [3.8, 4) is 11.8 Å². The zero-order valence-electron chi connectivity index (χ0n) is 12.2. The fraction of sp³-hybridized carbons (Fsp3) is 0.100. The highest BCUT2D eigenvalue weighted by Crippen LogP contribution is 2.28. The molecule has 0 aromatic heterocycles. The smallest absolute Gasteiger partial charge is 0.0372 e. The minimum Gasteiger partial charge on any atom is -0.130 e. The van der Waals surface area contributed by atoms with E-state index in [-0.39, 0.29) is 5.92 Å². The molecule has 108 valence electrons. The quantitative estimate of drug-likeness (QED) is 0.513. The number of hydrogen-bond donors (Lipinski definition) is 0. The van der Waals surface area contributed by atoms with E-state index in [0.717, 1.165) is 16.2 Å². The van der Waals surface area contributed by atoms with Crippen molar-refractivity contribution < 1.29 is 0 Å². The number of hydrogen-bond acceptors (Lipinski definition) is 1. The summed E-state index contributed by atoms with van der Waals surface area (Å²) >= 11 is 7.72. The highest BCUT2D eigenvalue weighted by atomic mass is 35.5. The molecule has 0 heterocycles. The molecule has 0 radical (unpaired) electrons. The van der Waals surface area contributed by atoms with E-state index in [2.05, 4.69) is 78.8 Å². The molecule has 1 aliphatic rings. The summed E-state index contributed by atoms with van der Waals surface area (Å²) in [5, 5.41) is 0.808. The third-order valence-electron chi connectivity index (χ3n) is 3.54. The van der Waals surface area contributed by atoms with Gasteiger partial charge in [0, 0.05) is 27.0 Å². The van der Waals surface area contributed by atoms with Gasteiger partial charge in [0.15, 0.2) is 0 Å². The second kappa shape index (κ2) is 6.92. The van der Waals surface area contributed by atoms with Crippen LogP contribution < -0.4 is 0 Å². The zero-order valence-corrected chi connectivity index (χ0v) is 13.8. The van der Waals surface area contributed by atoms with E-state index < -0.39 is 0 Å². The molecule has 2 heteroatoms. The summed E-state index contributed by atoms with van der Waals surface area (Å²) in [4.78, 5) is 1.26. The van der Waals surface area contributed by atoms with E-state index in [0.29, 0.717) is 0 Å². The first-order valence-corrected chi connectivity index (χ1v) is 8.66. The van der Waals surface area contributed by atoms with Crippen LogP contribution in [0.3, 0.4) is 0 Å². The van der Waals surface area contributed by atoms with Crippen molar-refractivity contribution in [1.82, 2.24) is 0 Å². The average molecular weight is 323 g/mol. The average Bonchev–Trinajstić information content (AvgIpc) is 3.00. The molecule has 0 fully saturated rings. The molecule has 1 unspecified atom stereocenters. The number of halogens is 1. The largest absolute Gasteiger partial charge is 0.130 e. The molecule has 3 rings (SSSR count). The van der Waals surface area contributed by atoms with Crippen LogP contribution in [-0.2, 0) is 0 Å². The van der Waals surface area contributed by atoms with Gasteiger partial charge in [-0.3, -0.25) is 0 Å². The standard InChI is InChI=1S/C20H15ClS/c1-22-20-12-6-16(7-13-20)3-2-15-4-8-17(9-5-15)18-10-11-19(21)14-18/h4-14,18H,1H3. The van der Waals surface area contributed by atoms with Gasteiger partial charge in [0.25, 0.3) is 0 Å². The molecule has 2 aromatic rings. The summed E-state index contributed by atoms with van der Waals surface area (Å²) in [6.07, 6.45) is 8.17. The van der Waals surface area contributed by atoms with E-state index in [1.807, 2.05) is 6.08 Å². The second-order valence-corrected chi connectivity index (χ2v) is 6.35. The Morgan fingerprint density at radius 2 is 1.50 bits per heavy atom. The minimum absolute atomic E-state index is 0.286. The third-order valence-corrected chi connectivity index (χ3v) is 4.53. The van der Waals surface area contributed by atoms with E-state index in [1.165, 1.54) is 10.5 Å². The van der Waals surface area contributed by atoms with Gasteiger partial charge in [0.1, 0.15) is 0 Å². The fourth-order valence-corrected chi connectivity index (χ4v) is 2.91. The molecule has 0 saturated heterocycles. The van der Waals surface area contributed by atoms with Crippen LogP contribution in [0.15, 0.2) is 76.7 Å². The molecule has 0 nitrogen and oxygen atoms in total. The Labute approximate surface area is 140 Å². The van der Waals surface area contributed by atoms with Crippen molar-refractivity contribution >= 4 is 23.4 Å². The number of benzene rings is 2. The first-order chi connectivity index (χ1) is 10.7. The summed E-state index contributed by atoms with van der Waals surface area (Å²) in [5.41, 5.74) is 3.30. The summed E-state index contributed by atoms with van der Waals surface area (Å²) in [6.45, 7) is 0. The van der Waals surface area contributed by atoms with Gasteiger partial charge in [-0.05, 0) is 54.3 Å². The lowest BCUT2D eigenvalue weighted by Gasteiger charge is -2.05. The maximum atomic E-state index is 5.98. The summed E-state index contributed by atoms with van der Waals surface area (Å²) in [6, 6.07) is 16.7. The Morgan fingerprint density at radius 1 is 0.909 bits per heavy atom. The number of thioether (sulfide) groups is 1. The van der Waals surface area contributed by atoms with Crippen molar-refractivity contribution in [1.29, 1.82) is 0 Å². The van der Waals surface area contributed by atoms with Gasteiger partial charge in [0.05, 0.1) is 0 Å². The van der Waals surface area contributed by atoms with Gasteiger partial charge in [-0.15, -0.1) is 11.8 Å². The van der Waals surface area contributed by atoms with Crippen LogP contribution in [0.1, 0.15) is 22.6 Å². The van der Waals surface area contributed by atoms with Crippen LogP contribution in [0.4, 0.5) is 0 Å². The predicted molar refractivity (Wildman–Crippen MR) is 96.5 cm³/mol. The highest BCUT2D eigenvalue weighted by molar-refractivity contribution is 7.98. The number of allylic oxidation sites excluding steroid dienone is 4. The second-order valence-electron chi connectivity index (χ2n) is 5.04. The Hall–Kier alpha value is -1.88. The summed E-state index contributed by atoms with van der Waals surface area (Å²) < 4.78 is 0. The molecular formula is C20H15ClS. The Kier molecular flexibility index (Phi) is 4.73. The van der Waals surface area contributed by atoms with Crippen molar-refractivity contribution in [2.75, 3.05) is 6.26 Å². The van der Waals surface area contributed by atoms with Crippen molar-refractivity contribution in [2.24, 2.45) is 0 Å². The lowest BCUT2D eigenvalue weighted by atomic mass is 10.00. The Bertz CT molecular complexity index is 771. The van der Waals surface area contributed by atoms with E-state index in [9.17, 15) is 0 Å². The first kappa shape index (κ1) is 15.0. The van der Waals surface area contributed by atoms with Gasteiger partial charge in [-0.25, -0.2) is 0 Å². The minimum atomic E-state index is 0.286. The molecule has 0 bridgehead atoms. The molecule has 0 amide bonds.